The Labute approximate surface area is 174 Å². The van der Waals surface area contributed by atoms with Crippen LogP contribution in [0.15, 0.2) is 41.4 Å². The van der Waals surface area contributed by atoms with Crippen molar-refractivity contribution in [1.82, 2.24) is 19.1 Å². The topological polar surface area (TPSA) is 91.7 Å². The van der Waals surface area contributed by atoms with E-state index in [1.807, 2.05) is 0 Å². The third-order valence-electron chi connectivity index (χ3n) is 5.43. The highest BCUT2D eigenvalue weighted by atomic mass is 32.2. The molecule has 0 bridgehead atoms. The van der Waals surface area contributed by atoms with Gasteiger partial charge in [0.25, 0.3) is 11.8 Å². The standard InChI is InChI=1S/C20H23FN4O4S/c21-16-3-5-17(6-4-16)30(28,29)25-10-2-9-23(11-12-25)20(27)15-13-18-19(26)22-7-1-8-24(18)14-15/h3-6,13-14H,1-2,7-12H2,(H,22,26). The Balaban J connectivity index is 1.48. The number of fused-ring (bicyclic) bond motifs is 1. The molecule has 0 saturated carbocycles. The van der Waals surface area contributed by atoms with E-state index in [2.05, 4.69) is 5.32 Å². The number of hydrogen-bond acceptors (Lipinski definition) is 4. The van der Waals surface area contributed by atoms with E-state index in [-0.39, 0.29) is 36.3 Å². The maximum atomic E-state index is 13.1. The van der Waals surface area contributed by atoms with Crippen LogP contribution in [0.2, 0.25) is 0 Å². The average molecular weight is 434 g/mol. The third kappa shape index (κ3) is 3.97. The number of nitrogens with one attached hydrogen (secondary N) is 1. The zero-order valence-corrected chi connectivity index (χ0v) is 17.2. The van der Waals surface area contributed by atoms with Crippen molar-refractivity contribution in [2.75, 3.05) is 32.7 Å². The molecule has 2 amide bonds. The summed E-state index contributed by atoms with van der Waals surface area (Å²) in [5, 5.41) is 2.80. The second kappa shape index (κ2) is 8.19. The first-order chi connectivity index (χ1) is 14.4. The van der Waals surface area contributed by atoms with Gasteiger partial charge >= 0.3 is 0 Å². The zero-order chi connectivity index (χ0) is 21.3. The van der Waals surface area contributed by atoms with Gasteiger partial charge < -0.3 is 14.8 Å². The predicted octanol–water partition coefficient (Wildman–Crippen LogP) is 1.30. The fraction of sp³-hybridized carbons (Fsp3) is 0.400. The van der Waals surface area contributed by atoms with E-state index in [0.717, 1.165) is 18.6 Å². The van der Waals surface area contributed by atoms with E-state index in [4.69, 9.17) is 0 Å². The molecule has 10 heteroatoms. The van der Waals surface area contributed by atoms with Crippen LogP contribution < -0.4 is 5.32 Å². The van der Waals surface area contributed by atoms with Crippen LogP contribution in [-0.4, -0.2) is 66.7 Å². The molecule has 0 radical (unpaired) electrons. The first-order valence-corrected chi connectivity index (χ1v) is 11.3. The Morgan fingerprint density at radius 3 is 2.53 bits per heavy atom. The smallest absolute Gasteiger partial charge is 0.267 e. The molecule has 2 aliphatic heterocycles. The molecule has 2 aliphatic rings. The lowest BCUT2D eigenvalue weighted by Crippen LogP contribution is -2.37. The van der Waals surface area contributed by atoms with Crippen LogP contribution in [0.5, 0.6) is 0 Å². The summed E-state index contributed by atoms with van der Waals surface area (Å²) in [6, 6.07) is 6.33. The number of carbonyl (C=O) groups excluding carboxylic acids is 2. The van der Waals surface area contributed by atoms with Gasteiger partial charge in [-0.15, -0.1) is 0 Å². The Hall–Kier alpha value is -2.72. The van der Waals surface area contributed by atoms with E-state index in [1.54, 1.807) is 21.7 Å². The highest BCUT2D eigenvalue weighted by molar-refractivity contribution is 7.89. The second-order valence-corrected chi connectivity index (χ2v) is 9.36. The van der Waals surface area contributed by atoms with Crippen molar-refractivity contribution < 1.29 is 22.4 Å². The summed E-state index contributed by atoms with van der Waals surface area (Å²) in [6.45, 7) is 2.35. The molecule has 30 heavy (non-hydrogen) atoms. The van der Waals surface area contributed by atoms with Gasteiger partial charge in [0.2, 0.25) is 10.0 Å². The number of aryl methyl sites for hydroxylation is 1. The fourth-order valence-electron chi connectivity index (χ4n) is 3.82. The monoisotopic (exact) mass is 434 g/mol. The quantitative estimate of drug-likeness (QED) is 0.788. The Bertz CT molecular complexity index is 1060. The summed E-state index contributed by atoms with van der Waals surface area (Å²) >= 11 is 0. The lowest BCUT2D eigenvalue weighted by molar-refractivity contribution is 0.0764. The number of rotatable bonds is 3. The van der Waals surface area contributed by atoms with E-state index in [9.17, 15) is 22.4 Å². The molecular weight excluding hydrogens is 411 g/mol. The van der Waals surface area contributed by atoms with Crippen molar-refractivity contribution in [3.05, 3.63) is 53.6 Å². The van der Waals surface area contributed by atoms with Crippen molar-refractivity contribution in [2.45, 2.75) is 24.3 Å². The first kappa shape index (κ1) is 20.5. The van der Waals surface area contributed by atoms with Gasteiger partial charge in [0.05, 0.1) is 10.5 Å². The van der Waals surface area contributed by atoms with Crippen molar-refractivity contribution in [3.8, 4) is 0 Å². The summed E-state index contributed by atoms with van der Waals surface area (Å²) in [5.41, 5.74) is 0.892. The SMILES string of the molecule is O=C1NCCCn2cc(C(=O)N3CCCN(S(=O)(=O)c4ccc(F)cc4)CC3)cc21. The fourth-order valence-corrected chi connectivity index (χ4v) is 5.29. The van der Waals surface area contributed by atoms with E-state index in [0.29, 0.717) is 37.3 Å². The number of aromatic nitrogens is 1. The summed E-state index contributed by atoms with van der Waals surface area (Å²) < 4.78 is 42.0. The zero-order valence-electron chi connectivity index (χ0n) is 16.4. The van der Waals surface area contributed by atoms with Gasteiger partial charge in [0, 0.05) is 45.5 Å². The average Bonchev–Trinajstić information content (AvgIpc) is 2.88. The van der Waals surface area contributed by atoms with Gasteiger partial charge in [-0.1, -0.05) is 0 Å². The molecule has 1 aromatic heterocycles. The Morgan fingerprint density at radius 2 is 1.77 bits per heavy atom. The van der Waals surface area contributed by atoms with Crippen LogP contribution in [0.3, 0.4) is 0 Å². The molecule has 3 heterocycles. The summed E-state index contributed by atoms with van der Waals surface area (Å²) in [4.78, 5) is 26.8. The number of hydrogen-bond donors (Lipinski definition) is 1. The molecule has 2 aromatic rings. The molecule has 1 fully saturated rings. The lowest BCUT2D eigenvalue weighted by atomic mass is 10.2. The minimum atomic E-state index is -3.76. The minimum Gasteiger partial charge on any atom is -0.351 e. The molecule has 0 unspecified atom stereocenters. The van der Waals surface area contributed by atoms with E-state index >= 15 is 0 Å². The van der Waals surface area contributed by atoms with E-state index in [1.165, 1.54) is 16.4 Å². The van der Waals surface area contributed by atoms with Gasteiger partial charge in [-0.25, -0.2) is 12.8 Å². The molecule has 4 rings (SSSR count). The third-order valence-corrected chi connectivity index (χ3v) is 7.34. The molecule has 1 N–H and O–H groups in total. The van der Waals surface area contributed by atoms with Crippen LogP contribution in [-0.2, 0) is 16.6 Å². The van der Waals surface area contributed by atoms with Crippen LogP contribution in [0.25, 0.3) is 0 Å². The highest BCUT2D eigenvalue weighted by Gasteiger charge is 2.29. The van der Waals surface area contributed by atoms with E-state index < -0.39 is 15.8 Å². The summed E-state index contributed by atoms with van der Waals surface area (Å²) in [7, 11) is -3.76. The van der Waals surface area contributed by atoms with Gasteiger partial charge in [0.1, 0.15) is 11.5 Å². The van der Waals surface area contributed by atoms with Gasteiger partial charge in [-0.3, -0.25) is 9.59 Å². The largest absolute Gasteiger partial charge is 0.351 e. The molecule has 0 atom stereocenters. The molecule has 1 aromatic carbocycles. The first-order valence-electron chi connectivity index (χ1n) is 9.89. The molecular formula is C20H23FN4O4S. The number of nitrogens with zero attached hydrogens (tertiary/aromatic N) is 3. The highest BCUT2D eigenvalue weighted by Crippen LogP contribution is 2.20. The second-order valence-electron chi connectivity index (χ2n) is 7.42. The number of benzene rings is 1. The van der Waals surface area contributed by atoms with Crippen LogP contribution in [0, 0.1) is 5.82 Å². The summed E-state index contributed by atoms with van der Waals surface area (Å²) in [6.07, 6.45) is 2.97. The Kier molecular flexibility index (Phi) is 5.61. The van der Waals surface area contributed by atoms with Crippen molar-refractivity contribution in [3.63, 3.8) is 0 Å². The van der Waals surface area contributed by atoms with Crippen molar-refractivity contribution in [2.24, 2.45) is 0 Å². The molecule has 1 saturated heterocycles. The summed E-state index contributed by atoms with van der Waals surface area (Å²) in [5.74, 6) is -0.912. The van der Waals surface area contributed by atoms with Crippen LogP contribution in [0.4, 0.5) is 4.39 Å². The Morgan fingerprint density at radius 1 is 1.00 bits per heavy atom. The minimum absolute atomic E-state index is 0.0332. The molecule has 0 aliphatic carbocycles. The maximum absolute atomic E-state index is 13.1. The van der Waals surface area contributed by atoms with Gasteiger partial charge in [0.15, 0.2) is 0 Å². The number of carbonyl (C=O) groups is 2. The number of halogens is 1. The predicted molar refractivity (Wildman–Crippen MR) is 107 cm³/mol. The van der Waals surface area contributed by atoms with Crippen LogP contribution >= 0.6 is 0 Å². The molecule has 8 nitrogen and oxygen atoms in total. The number of amides is 2. The van der Waals surface area contributed by atoms with Gasteiger partial charge in [-0.2, -0.15) is 4.31 Å². The lowest BCUT2D eigenvalue weighted by Gasteiger charge is -2.21. The molecule has 0 spiro atoms. The maximum Gasteiger partial charge on any atom is 0.267 e. The van der Waals surface area contributed by atoms with Crippen LogP contribution in [0.1, 0.15) is 33.7 Å². The number of sulfonamides is 1. The van der Waals surface area contributed by atoms with Crippen molar-refractivity contribution in [1.29, 1.82) is 0 Å². The van der Waals surface area contributed by atoms with Crippen molar-refractivity contribution >= 4 is 21.8 Å². The van der Waals surface area contributed by atoms with Gasteiger partial charge in [-0.05, 0) is 43.2 Å². The molecule has 160 valence electrons. The normalized spacial score (nSPS) is 18.3.